The smallest absolute Gasteiger partial charge is 0.150 e. The first-order chi connectivity index (χ1) is 8.89. The molecule has 0 saturated heterocycles. The lowest BCUT2D eigenvalue weighted by Gasteiger charge is -2.17. The van der Waals surface area contributed by atoms with Crippen LogP contribution in [0.2, 0.25) is 0 Å². The van der Waals surface area contributed by atoms with E-state index >= 15 is 0 Å². The van der Waals surface area contributed by atoms with E-state index in [4.69, 9.17) is 0 Å². The molecule has 0 saturated carbocycles. The summed E-state index contributed by atoms with van der Waals surface area (Å²) in [6, 6.07) is 4.75. The zero-order valence-electron chi connectivity index (χ0n) is 11.1. The molecule has 1 unspecified atom stereocenters. The van der Waals surface area contributed by atoms with E-state index in [0.717, 1.165) is 0 Å². The summed E-state index contributed by atoms with van der Waals surface area (Å²) in [5.74, 6) is 0.0241. The predicted molar refractivity (Wildman–Crippen MR) is 79.5 cm³/mol. The van der Waals surface area contributed by atoms with Crippen LogP contribution in [0, 0.1) is 5.82 Å². The predicted octanol–water partition coefficient (Wildman–Crippen LogP) is 3.06. The normalized spacial score (nSPS) is 13.5. The third-order valence-electron chi connectivity index (χ3n) is 3.07. The van der Waals surface area contributed by atoms with Crippen molar-refractivity contribution < 1.29 is 12.8 Å². The highest BCUT2D eigenvalue weighted by Crippen LogP contribution is 2.24. The molecule has 3 nitrogen and oxygen atoms in total. The molecule has 0 radical (unpaired) electrons. The summed E-state index contributed by atoms with van der Waals surface area (Å²) < 4.78 is 37.4. The fraction of sp³-hybridized carbons (Fsp3) is 0.538. The second kappa shape index (κ2) is 7.36. The van der Waals surface area contributed by atoms with Crippen LogP contribution in [-0.2, 0) is 9.84 Å². The largest absolute Gasteiger partial charge is 0.313 e. The Balaban J connectivity index is 2.68. The van der Waals surface area contributed by atoms with E-state index in [2.05, 4.69) is 21.2 Å². The lowest BCUT2D eigenvalue weighted by molar-refractivity contribution is 0.501. The number of sulfone groups is 1. The van der Waals surface area contributed by atoms with Crippen molar-refractivity contribution in [2.75, 3.05) is 18.6 Å². The van der Waals surface area contributed by atoms with Crippen LogP contribution >= 0.6 is 15.9 Å². The molecule has 0 fully saturated rings. The summed E-state index contributed by atoms with van der Waals surface area (Å²) >= 11 is 3.22. The quantitative estimate of drug-likeness (QED) is 0.820. The van der Waals surface area contributed by atoms with Crippen molar-refractivity contribution in [1.29, 1.82) is 0 Å². The Morgan fingerprint density at radius 1 is 1.42 bits per heavy atom. The molecule has 0 heterocycles. The van der Waals surface area contributed by atoms with Gasteiger partial charge in [-0.3, -0.25) is 0 Å². The highest BCUT2D eigenvalue weighted by atomic mass is 79.9. The van der Waals surface area contributed by atoms with Crippen LogP contribution in [0.25, 0.3) is 0 Å². The average molecular weight is 352 g/mol. The summed E-state index contributed by atoms with van der Waals surface area (Å²) in [7, 11) is -1.20. The van der Waals surface area contributed by atoms with Gasteiger partial charge in [0.05, 0.1) is 5.75 Å². The Labute approximate surface area is 122 Å². The molecule has 1 rings (SSSR count). The summed E-state index contributed by atoms with van der Waals surface area (Å²) in [5, 5.41) is 3.03. The van der Waals surface area contributed by atoms with Gasteiger partial charge in [-0.15, -0.1) is 0 Å². The third kappa shape index (κ3) is 5.20. The average Bonchev–Trinajstić information content (AvgIpc) is 2.36. The summed E-state index contributed by atoms with van der Waals surface area (Å²) in [6.07, 6.45) is 1.12. The molecule has 0 aliphatic rings. The maximum absolute atomic E-state index is 13.8. The van der Waals surface area contributed by atoms with Gasteiger partial charge in [0.25, 0.3) is 0 Å². The van der Waals surface area contributed by atoms with Gasteiger partial charge < -0.3 is 5.32 Å². The molecule has 0 aliphatic heterocycles. The molecular formula is C13H19BrFNO2S. The van der Waals surface area contributed by atoms with Crippen LogP contribution < -0.4 is 5.32 Å². The van der Waals surface area contributed by atoms with Gasteiger partial charge in [0.2, 0.25) is 0 Å². The SMILES string of the molecule is CCS(=O)(=O)CCCC(NC)c1ccc(Br)cc1F. The molecule has 0 spiro atoms. The van der Waals surface area contributed by atoms with Crippen molar-refractivity contribution >= 4 is 25.8 Å². The lowest BCUT2D eigenvalue weighted by atomic mass is 10.0. The first kappa shape index (κ1) is 16.6. The van der Waals surface area contributed by atoms with E-state index in [9.17, 15) is 12.8 Å². The Morgan fingerprint density at radius 3 is 2.63 bits per heavy atom. The standard InChI is InChI=1S/C13H19BrFNO2S/c1-3-19(17,18)8-4-5-13(16-2)11-7-6-10(14)9-12(11)15/h6-7,9,13,16H,3-5,8H2,1-2H3. The molecule has 0 aliphatic carbocycles. The molecule has 6 heteroatoms. The lowest BCUT2D eigenvalue weighted by Crippen LogP contribution is -2.19. The van der Waals surface area contributed by atoms with Crippen molar-refractivity contribution in [1.82, 2.24) is 5.32 Å². The molecule has 1 aromatic rings. The van der Waals surface area contributed by atoms with Crippen molar-refractivity contribution in [3.8, 4) is 0 Å². The van der Waals surface area contributed by atoms with E-state index in [0.29, 0.717) is 22.9 Å². The number of nitrogens with one attached hydrogen (secondary N) is 1. The molecule has 0 bridgehead atoms. The zero-order valence-corrected chi connectivity index (χ0v) is 13.5. The maximum atomic E-state index is 13.8. The van der Waals surface area contributed by atoms with E-state index in [1.54, 1.807) is 26.1 Å². The number of hydrogen-bond donors (Lipinski definition) is 1. The van der Waals surface area contributed by atoms with Crippen LogP contribution in [-0.4, -0.2) is 27.0 Å². The van der Waals surface area contributed by atoms with E-state index in [1.807, 2.05) is 0 Å². The Hall–Kier alpha value is -0.460. The molecule has 1 aromatic carbocycles. The summed E-state index contributed by atoms with van der Waals surface area (Å²) in [4.78, 5) is 0. The summed E-state index contributed by atoms with van der Waals surface area (Å²) in [6.45, 7) is 1.64. The first-order valence-corrected chi connectivity index (χ1v) is 8.83. The number of halogens is 2. The third-order valence-corrected chi connectivity index (χ3v) is 5.36. The van der Waals surface area contributed by atoms with Gasteiger partial charge in [0.1, 0.15) is 15.7 Å². The second-order valence-electron chi connectivity index (χ2n) is 4.39. The minimum absolute atomic E-state index is 0.153. The molecule has 19 heavy (non-hydrogen) atoms. The van der Waals surface area contributed by atoms with Gasteiger partial charge in [-0.2, -0.15) is 0 Å². The second-order valence-corrected chi connectivity index (χ2v) is 7.77. The van der Waals surface area contributed by atoms with Gasteiger partial charge >= 0.3 is 0 Å². The minimum atomic E-state index is -2.95. The van der Waals surface area contributed by atoms with Crippen LogP contribution in [0.15, 0.2) is 22.7 Å². The fourth-order valence-electron chi connectivity index (χ4n) is 1.89. The summed E-state index contributed by atoms with van der Waals surface area (Å²) in [5.41, 5.74) is 0.569. The van der Waals surface area contributed by atoms with Crippen molar-refractivity contribution in [2.45, 2.75) is 25.8 Å². The minimum Gasteiger partial charge on any atom is -0.313 e. The van der Waals surface area contributed by atoms with Crippen molar-refractivity contribution in [2.24, 2.45) is 0 Å². The van der Waals surface area contributed by atoms with Crippen LogP contribution in [0.1, 0.15) is 31.4 Å². The van der Waals surface area contributed by atoms with Crippen LogP contribution in [0.3, 0.4) is 0 Å². The maximum Gasteiger partial charge on any atom is 0.150 e. The van der Waals surface area contributed by atoms with Crippen LogP contribution in [0.4, 0.5) is 4.39 Å². The Bertz CT molecular complexity index is 519. The molecule has 1 N–H and O–H groups in total. The topological polar surface area (TPSA) is 46.2 Å². The number of rotatable bonds is 7. The van der Waals surface area contributed by atoms with E-state index in [1.165, 1.54) is 6.07 Å². The number of benzene rings is 1. The fourth-order valence-corrected chi connectivity index (χ4v) is 3.12. The van der Waals surface area contributed by atoms with E-state index < -0.39 is 9.84 Å². The van der Waals surface area contributed by atoms with Gasteiger partial charge in [0.15, 0.2) is 0 Å². The zero-order chi connectivity index (χ0) is 14.5. The molecular weight excluding hydrogens is 333 g/mol. The highest BCUT2D eigenvalue weighted by Gasteiger charge is 2.15. The van der Waals surface area contributed by atoms with E-state index in [-0.39, 0.29) is 23.4 Å². The van der Waals surface area contributed by atoms with Crippen molar-refractivity contribution in [3.63, 3.8) is 0 Å². The number of hydrogen-bond acceptors (Lipinski definition) is 3. The van der Waals surface area contributed by atoms with Gasteiger partial charge in [-0.1, -0.05) is 28.9 Å². The van der Waals surface area contributed by atoms with Crippen molar-refractivity contribution in [3.05, 3.63) is 34.1 Å². The molecule has 0 aromatic heterocycles. The van der Waals surface area contributed by atoms with Gasteiger partial charge in [-0.25, -0.2) is 12.8 Å². The Kier molecular flexibility index (Phi) is 6.42. The first-order valence-electron chi connectivity index (χ1n) is 6.22. The highest BCUT2D eigenvalue weighted by molar-refractivity contribution is 9.10. The van der Waals surface area contributed by atoms with Gasteiger partial charge in [0, 0.05) is 21.8 Å². The van der Waals surface area contributed by atoms with Crippen LogP contribution in [0.5, 0.6) is 0 Å². The molecule has 1 atom stereocenters. The molecule has 0 amide bonds. The molecule has 108 valence electrons. The Morgan fingerprint density at radius 2 is 2.11 bits per heavy atom. The monoisotopic (exact) mass is 351 g/mol. The van der Waals surface area contributed by atoms with Gasteiger partial charge in [-0.05, 0) is 32.0 Å².